The number of amides is 3. The number of carbonyl (C=O) groups is 3. The number of piperidine rings is 1. The number of fused-ring (bicyclic) bond motifs is 2. The van der Waals surface area contributed by atoms with Crippen LogP contribution in [-0.4, -0.2) is 72.8 Å². The maximum absolute atomic E-state index is 13.1. The van der Waals surface area contributed by atoms with Gasteiger partial charge in [0.05, 0.1) is 0 Å². The van der Waals surface area contributed by atoms with E-state index in [4.69, 9.17) is 5.73 Å². The Morgan fingerprint density at radius 2 is 1.59 bits per heavy atom. The highest BCUT2D eigenvalue weighted by molar-refractivity contribution is 5.95. The minimum Gasteiger partial charge on any atom is -0.369 e. The largest absolute Gasteiger partial charge is 0.369 e. The smallest absolute Gasteiger partial charge is 0.253 e. The van der Waals surface area contributed by atoms with Gasteiger partial charge in [0.25, 0.3) is 5.91 Å². The number of hydrogen-bond acceptors (Lipinski definition) is 4. The quantitative estimate of drug-likeness (QED) is 0.319. The number of primary amides is 1. The Morgan fingerprint density at radius 3 is 2.32 bits per heavy atom. The molecule has 3 N–H and O–H groups in total. The summed E-state index contributed by atoms with van der Waals surface area (Å²) in [5, 5.41) is 1.22. The van der Waals surface area contributed by atoms with Gasteiger partial charge in [0.15, 0.2) is 0 Å². The monoisotopic (exact) mass is 593 g/mol. The molecule has 0 bridgehead atoms. The van der Waals surface area contributed by atoms with E-state index in [1.807, 2.05) is 59.6 Å². The fourth-order valence-corrected chi connectivity index (χ4v) is 6.40. The predicted octanol–water partition coefficient (Wildman–Crippen LogP) is 4.89. The molecule has 3 heterocycles. The number of hydrogen-bond donors (Lipinski definition) is 2. The van der Waals surface area contributed by atoms with Gasteiger partial charge in [-0.15, -0.1) is 0 Å². The zero-order valence-corrected chi connectivity index (χ0v) is 25.7. The molecular formula is C36H43N5O3. The van der Waals surface area contributed by atoms with Crippen LogP contribution in [0.1, 0.15) is 40.7 Å². The standard InChI is InChI=1S/C23H27N3O.C13H16N2O2/c1-25(2)15-17-13-18-7-3-6-10-22(18)26(16-17)23(27)12-11-19-14-24-21-9-5-4-8-20(19)21;14-12(16)10-6-8-15(9-7-10)13(17)11-4-2-1-3-5-11/h3-10,14,17,24H,11-13,15-16H2,1-2H3;1-5,10H,6-9H2,(H2,14,16). The van der Waals surface area contributed by atoms with Crippen LogP contribution in [-0.2, 0) is 22.4 Å². The number of rotatable bonds is 7. The molecule has 44 heavy (non-hydrogen) atoms. The Bertz CT molecular complexity index is 1570. The lowest BCUT2D eigenvalue weighted by atomic mass is 9.91. The van der Waals surface area contributed by atoms with Crippen LogP contribution in [0, 0.1) is 11.8 Å². The van der Waals surface area contributed by atoms with Crippen LogP contribution < -0.4 is 10.6 Å². The SMILES string of the molecule is CN(C)CC1Cc2ccccc2N(C(=O)CCc2c[nH]c3ccccc23)C1.NC(=O)C1CCN(C(=O)c2ccccc2)CC1. The minimum atomic E-state index is -0.253. The van der Waals surface area contributed by atoms with E-state index in [0.717, 1.165) is 37.1 Å². The number of aromatic nitrogens is 1. The second kappa shape index (κ2) is 14.4. The Hall–Kier alpha value is -4.43. The third-order valence-corrected chi connectivity index (χ3v) is 8.64. The third kappa shape index (κ3) is 7.55. The molecule has 0 spiro atoms. The maximum Gasteiger partial charge on any atom is 0.253 e. The number of aromatic amines is 1. The summed E-state index contributed by atoms with van der Waals surface area (Å²) in [4.78, 5) is 45.6. The van der Waals surface area contributed by atoms with Gasteiger partial charge in [-0.25, -0.2) is 0 Å². The maximum atomic E-state index is 13.1. The van der Waals surface area contributed by atoms with Crippen LogP contribution >= 0.6 is 0 Å². The summed E-state index contributed by atoms with van der Waals surface area (Å²) in [7, 11) is 4.20. The average molecular weight is 594 g/mol. The molecule has 4 aromatic rings. The summed E-state index contributed by atoms with van der Waals surface area (Å²) in [5.41, 5.74) is 10.7. The van der Waals surface area contributed by atoms with Gasteiger partial charge in [0, 0.05) is 66.9 Å². The first-order valence-corrected chi connectivity index (χ1v) is 15.5. The topological polar surface area (TPSA) is 103 Å². The highest BCUT2D eigenvalue weighted by atomic mass is 16.2. The van der Waals surface area contributed by atoms with Crippen molar-refractivity contribution in [1.29, 1.82) is 0 Å². The van der Waals surface area contributed by atoms with E-state index < -0.39 is 0 Å². The Labute approximate surface area is 259 Å². The first-order chi connectivity index (χ1) is 21.3. The highest BCUT2D eigenvalue weighted by Crippen LogP contribution is 2.31. The highest BCUT2D eigenvalue weighted by Gasteiger charge is 2.29. The van der Waals surface area contributed by atoms with Crippen molar-refractivity contribution >= 4 is 34.3 Å². The summed E-state index contributed by atoms with van der Waals surface area (Å²) in [6.07, 6.45) is 5.73. The third-order valence-electron chi connectivity index (χ3n) is 8.64. The fourth-order valence-electron chi connectivity index (χ4n) is 6.40. The number of para-hydroxylation sites is 2. The number of likely N-dealkylation sites (tertiary alicyclic amines) is 1. The number of benzene rings is 3. The molecule has 1 aromatic heterocycles. The number of carbonyl (C=O) groups excluding carboxylic acids is 3. The Morgan fingerprint density at radius 1 is 0.909 bits per heavy atom. The fraction of sp³-hybridized carbons (Fsp3) is 0.361. The van der Waals surface area contributed by atoms with Gasteiger partial charge >= 0.3 is 0 Å². The summed E-state index contributed by atoms with van der Waals surface area (Å²) in [6, 6.07) is 25.8. The summed E-state index contributed by atoms with van der Waals surface area (Å²) in [6.45, 7) is 3.03. The molecule has 2 aliphatic heterocycles. The van der Waals surface area contributed by atoms with Gasteiger partial charge in [-0.3, -0.25) is 14.4 Å². The van der Waals surface area contributed by atoms with Crippen molar-refractivity contribution in [3.05, 3.63) is 102 Å². The first kappa shape index (κ1) is 31.0. The molecular weight excluding hydrogens is 550 g/mol. The lowest BCUT2D eigenvalue weighted by Gasteiger charge is -2.36. The van der Waals surface area contributed by atoms with Gasteiger partial charge in [-0.1, -0.05) is 54.6 Å². The molecule has 230 valence electrons. The van der Waals surface area contributed by atoms with Crippen LogP contribution in [0.2, 0.25) is 0 Å². The van der Waals surface area contributed by atoms with Gasteiger partial charge < -0.3 is 25.4 Å². The molecule has 8 heteroatoms. The van der Waals surface area contributed by atoms with Crippen LogP contribution in [0.4, 0.5) is 5.69 Å². The first-order valence-electron chi connectivity index (χ1n) is 15.5. The van der Waals surface area contributed by atoms with Crippen molar-refractivity contribution in [2.45, 2.75) is 32.1 Å². The average Bonchev–Trinajstić information content (AvgIpc) is 3.46. The molecule has 3 aromatic carbocycles. The van der Waals surface area contributed by atoms with Gasteiger partial charge in [0.2, 0.25) is 11.8 Å². The number of H-pyrrole nitrogens is 1. The molecule has 8 nitrogen and oxygen atoms in total. The molecule has 0 aliphatic carbocycles. The Kier molecular flexibility index (Phi) is 10.1. The van der Waals surface area contributed by atoms with Crippen LogP contribution in [0.5, 0.6) is 0 Å². The molecule has 1 saturated heterocycles. The molecule has 1 unspecified atom stereocenters. The normalized spacial score (nSPS) is 16.8. The number of nitrogens with two attached hydrogens (primary N) is 1. The van der Waals surface area contributed by atoms with E-state index >= 15 is 0 Å². The molecule has 6 rings (SSSR count). The van der Waals surface area contributed by atoms with Crippen LogP contribution in [0.15, 0.2) is 85.1 Å². The number of nitrogens with zero attached hydrogens (tertiary/aromatic N) is 3. The van der Waals surface area contributed by atoms with E-state index in [1.165, 1.54) is 16.5 Å². The zero-order valence-electron chi connectivity index (χ0n) is 25.7. The van der Waals surface area contributed by atoms with E-state index in [1.54, 1.807) is 4.90 Å². The summed E-state index contributed by atoms with van der Waals surface area (Å²) < 4.78 is 0. The lowest BCUT2D eigenvalue weighted by Crippen LogP contribution is -2.43. The van der Waals surface area contributed by atoms with E-state index in [2.05, 4.69) is 54.3 Å². The minimum absolute atomic E-state index is 0.0357. The predicted molar refractivity (Wildman–Crippen MR) is 175 cm³/mol. The van der Waals surface area contributed by atoms with Gasteiger partial charge in [-0.2, -0.15) is 0 Å². The van der Waals surface area contributed by atoms with Crippen LogP contribution in [0.25, 0.3) is 10.9 Å². The molecule has 2 aliphatic rings. The van der Waals surface area contributed by atoms with Crippen molar-refractivity contribution in [3.63, 3.8) is 0 Å². The summed E-state index contributed by atoms with van der Waals surface area (Å²) >= 11 is 0. The van der Waals surface area contributed by atoms with E-state index in [0.29, 0.717) is 43.8 Å². The second-order valence-corrected chi connectivity index (χ2v) is 12.2. The van der Waals surface area contributed by atoms with Gasteiger partial charge in [-0.05, 0) is 81.1 Å². The number of aryl methyl sites for hydroxylation is 1. The van der Waals surface area contributed by atoms with Crippen molar-refractivity contribution in [2.75, 3.05) is 45.2 Å². The molecule has 1 atom stereocenters. The van der Waals surface area contributed by atoms with Crippen LogP contribution in [0.3, 0.4) is 0 Å². The Balaban J connectivity index is 0.000000195. The van der Waals surface area contributed by atoms with E-state index in [9.17, 15) is 14.4 Å². The molecule has 1 fully saturated rings. The number of nitrogens with one attached hydrogen (secondary N) is 1. The van der Waals surface area contributed by atoms with Gasteiger partial charge in [0.1, 0.15) is 0 Å². The molecule has 0 radical (unpaired) electrons. The summed E-state index contributed by atoms with van der Waals surface area (Å²) in [5.74, 6) is 0.406. The van der Waals surface area contributed by atoms with Crippen molar-refractivity contribution in [1.82, 2.24) is 14.8 Å². The zero-order chi connectivity index (χ0) is 31.1. The lowest BCUT2D eigenvalue weighted by molar-refractivity contribution is -0.123. The molecule has 3 amide bonds. The van der Waals surface area contributed by atoms with Crippen molar-refractivity contribution in [3.8, 4) is 0 Å². The second-order valence-electron chi connectivity index (χ2n) is 12.2. The van der Waals surface area contributed by atoms with Crippen molar-refractivity contribution < 1.29 is 14.4 Å². The van der Waals surface area contributed by atoms with E-state index in [-0.39, 0.29) is 23.6 Å². The van der Waals surface area contributed by atoms with Crippen molar-refractivity contribution in [2.24, 2.45) is 17.6 Å². The number of anilines is 1. The molecule has 0 saturated carbocycles.